The van der Waals surface area contributed by atoms with Crippen LogP contribution in [-0.4, -0.2) is 35.6 Å². The fraction of sp³-hybridized carbons (Fsp3) is 0.769. The van der Waals surface area contributed by atoms with E-state index in [9.17, 15) is 0 Å². The fourth-order valence-electron chi connectivity index (χ4n) is 2.38. The topological polar surface area (TPSA) is 28.2 Å². The second kappa shape index (κ2) is 5.94. The van der Waals surface area contributed by atoms with E-state index in [2.05, 4.69) is 41.4 Å². The standard InChI is InChI=1S/C13H23N3S/c1-10(2)15-8-12-4-6-16(9-12)11(3)13-14-5-7-17-13/h5,7,10-12,15H,4,6,8-9H2,1-3H3. The van der Waals surface area contributed by atoms with Gasteiger partial charge in [-0.1, -0.05) is 13.8 Å². The van der Waals surface area contributed by atoms with E-state index in [1.165, 1.54) is 24.5 Å². The number of rotatable bonds is 5. The van der Waals surface area contributed by atoms with Crippen LogP contribution in [-0.2, 0) is 0 Å². The molecule has 3 nitrogen and oxygen atoms in total. The van der Waals surface area contributed by atoms with Gasteiger partial charge in [0.2, 0.25) is 0 Å². The summed E-state index contributed by atoms with van der Waals surface area (Å²) in [5.74, 6) is 0.805. The van der Waals surface area contributed by atoms with Crippen LogP contribution in [0.15, 0.2) is 11.6 Å². The van der Waals surface area contributed by atoms with Gasteiger partial charge < -0.3 is 5.32 Å². The van der Waals surface area contributed by atoms with Gasteiger partial charge in [-0.3, -0.25) is 4.90 Å². The van der Waals surface area contributed by atoms with Crippen LogP contribution in [0.4, 0.5) is 0 Å². The molecule has 1 aliphatic rings. The van der Waals surface area contributed by atoms with Gasteiger partial charge >= 0.3 is 0 Å². The maximum absolute atomic E-state index is 4.42. The Labute approximate surface area is 108 Å². The zero-order valence-corrected chi connectivity index (χ0v) is 11.8. The van der Waals surface area contributed by atoms with E-state index < -0.39 is 0 Å². The minimum absolute atomic E-state index is 0.485. The molecule has 2 atom stereocenters. The molecule has 0 aromatic carbocycles. The van der Waals surface area contributed by atoms with Crippen molar-refractivity contribution >= 4 is 11.3 Å². The molecule has 0 bridgehead atoms. The first kappa shape index (κ1) is 13.0. The van der Waals surface area contributed by atoms with Crippen molar-refractivity contribution in [1.29, 1.82) is 0 Å². The van der Waals surface area contributed by atoms with E-state index in [1.807, 2.05) is 6.20 Å². The van der Waals surface area contributed by atoms with E-state index in [0.717, 1.165) is 12.5 Å². The summed E-state index contributed by atoms with van der Waals surface area (Å²) in [6, 6.07) is 1.08. The molecule has 0 amide bonds. The Bertz CT molecular complexity index is 323. The lowest BCUT2D eigenvalue weighted by atomic mass is 10.1. The van der Waals surface area contributed by atoms with Crippen molar-refractivity contribution in [1.82, 2.24) is 15.2 Å². The van der Waals surface area contributed by atoms with Gasteiger partial charge in [0.15, 0.2) is 0 Å². The van der Waals surface area contributed by atoms with Crippen LogP contribution in [0.5, 0.6) is 0 Å². The average molecular weight is 253 g/mol. The molecule has 2 rings (SSSR count). The molecule has 1 fully saturated rings. The van der Waals surface area contributed by atoms with E-state index in [-0.39, 0.29) is 0 Å². The molecule has 17 heavy (non-hydrogen) atoms. The Morgan fingerprint density at radius 1 is 1.53 bits per heavy atom. The van der Waals surface area contributed by atoms with Crippen molar-refractivity contribution in [3.05, 3.63) is 16.6 Å². The van der Waals surface area contributed by atoms with Crippen molar-refractivity contribution in [3.63, 3.8) is 0 Å². The highest BCUT2D eigenvalue weighted by atomic mass is 32.1. The average Bonchev–Trinajstić information content (AvgIpc) is 2.97. The molecule has 4 heteroatoms. The molecule has 1 N–H and O–H groups in total. The zero-order chi connectivity index (χ0) is 12.3. The lowest BCUT2D eigenvalue weighted by Crippen LogP contribution is -2.31. The van der Waals surface area contributed by atoms with Crippen molar-refractivity contribution in [3.8, 4) is 0 Å². The third-order valence-corrected chi connectivity index (χ3v) is 4.43. The van der Waals surface area contributed by atoms with E-state index in [4.69, 9.17) is 0 Å². The lowest BCUT2D eigenvalue weighted by Gasteiger charge is -2.22. The highest BCUT2D eigenvalue weighted by Crippen LogP contribution is 2.28. The van der Waals surface area contributed by atoms with Crippen LogP contribution in [0.2, 0.25) is 0 Å². The molecule has 0 aliphatic carbocycles. The summed E-state index contributed by atoms with van der Waals surface area (Å²) in [6.07, 6.45) is 3.22. The number of nitrogens with zero attached hydrogens (tertiary/aromatic N) is 2. The van der Waals surface area contributed by atoms with Crippen molar-refractivity contribution in [2.75, 3.05) is 19.6 Å². The summed E-state index contributed by atoms with van der Waals surface area (Å²) in [5.41, 5.74) is 0. The molecule has 2 unspecified atom stereocenters. The van der Waals surface area contributed by atoms with Gasteiger partial charge in [-0.15, -0.1) is 11.3 Å². The maximum Gasteiger partial charge on any atom is 0.109 e. The number of thiazole rings is 1. The minimum Gasteiger partial charge on any atom is -0.314 e. The Morgan fingerprint density at radius 2 is 2.35 bits per heavy atom. The summed E-state index contributed by atoms with van der Waals surface area (Å²) in [4.78, 5) is 6.98. The Kier molecular flexibility index (Phi) is 4.54. The highest BCUT2D eigenvalue weighted by molar-refractivity contribution is 7.09. The maximum atomic E-state index is 4.42. The molecule has 1 aromatic heterocycles. The van der Waals surface area contributed by atoms with Crippen molar-refractivity contribution < 1.29 is 0 Å². The Hall–Kier alpha value is -0.450. The zero-order valence-electron chi connectivity index (χ0n) is 11.0. The van der Waals surface area contributed by atoms with Gasteiger partial charge in [0.25, 0.3) is 0 Å². The SMILES string of the molecule is CC(C)NCC1CCN(C(C)c2nccs2)C1. The first-order valence-electron chi connectivity index (χ1n) is 6.53. The van der Waals surface area contributed by atoms with Gasteiger partial charge in [0.05, 0.1) is 6.04 Å². The molecule has 0 spiro atoms. The van der Waals surface area contributed by atoms with Gasteiger partial charge in [-0.05, 0) is 32.4 Å². The molecule has 1 aliphatic heterocycles. The number of hydrogen-bond acceptors (Lipinski definition) is 4. The number of likely N-dealkylation sites (tertiary alicyclic amines) is 1. The van der Waals surface area contributed by atoms with Crippen LogP contribution < -0.4 is 5.32 Å². The van der Waals surface area contributed by atoms with Gasteiger partial charge in [0, 0.05) is 24.2 Å². The number of nitrogens with one attached hydrogen (secondary N) is 1. The lowest BCUT2D eigenvalue weighted by molar-refractivity contribution is 0.250. The summed E-state index contributed by atoms with van der Waals surface area (Å²) in [6.45, 7) is 10.3. The quantitative estimate of drug-likeness (QED) is 0.874. The van der Waals surface area contributed by atoms with Crippen LogP contribution >= 0.6 is 11.3 Å². The molecule has 0 saturated carbocycles. The highest BCUT2D eigenvalue weighted by Gasteiger charge is 2.27. The predicted octanol–water partition coefficient (Wildman–Crippen LogP) is 2.52. The minimum atomic E-state index is 0.485. The second-order valence-corrected chi connectivity index (χ2v) is 6.19. The molecule has 2 heterocycles. The van der Waals surface area contributed by atoms with Gasteiger partial charge in [-0.2, -0.15) is 0 Å². The molecular formula is C13H23N3S. The van der Waals surface area contributed by atoms with Crippen molar-refractivity contribution in [2.45, 2.75) is 39.3 Å². The smallest absolute Gasteiger partial charge is 0.109 e. The summed E-state index contributed by atoms with van der Waals surface area (Å²) < 4.78 is 0. The normalized spacial score (nSPS) is 23.4. The number of aromatic nitrogens is 1. The molecule has 96 valence electrons. The summed E-state index contributed by atoms with van der Waals surface area (Å²) in [5, 5.41) is 6.86. The fourth-order valence-corrected chi connectivity index (χ4v) is 3.11. The largest absolute Gasteiger partial charge is 0.314 e. The molecule has 1 aromatic rings. The Morgan fingerprint density at radius 3 is 3.00 bits per heavy atom. The first-order chi connectivity index (χ1) is 8.16. The Balaban J connectivity index is 1.81. The van der Waals surface area contributed by atoms with E-state index >= 15 is 0 Å². The first-order valence-corrected chi connectivity index (χ1v) is 7.41. The summed E-state index contributed by atoms with van der Waals surface area (Å²) >= 11 is 1.77. The van der Waals surface area contributed by atoms with E-state index in [0.29, 0.717) is 12.1 Å². The third-order valence-electron chi connectivity index (χ3n) is 3.49. The molecule has 0 radical (unpaired) electrons. The molecular weight excluding hydrogens is 230 g/mol. The van der Waals surface area contributed by atoms with Crippen LogP contribution in [0, 0.1) is 5.92 Å². The predicted molar refractivity (Wildman–Crippen MR) is 73.3 cm³/mol. The van der Waals surface area contributed by atoms with Crippen LogP contribution in [0.1, 0.15) is 38.2 Å². The van der Waals surface area contributed by atoms with E-state index in [1.54, 1.807) is 11.3 Å². The monoisotopic (exact) mass is 253 g/mol. The van der Waals surface area contributed by atoms with Crippen LogP contribution in [0.3, 0.4) is 0 Å². The summed E-state index contributed by atoms with van der Waals surface area (Å²) in [7, 11) is 0. The molecule has 1 saturated heterocycles. The second-order valence-electron chi connectivity index (χ2n) is 5.26. The van der Waals surface area contributed by atoms with Crippen molar-refractivity contribution in [2.24, 2.45) is 5.92 Å². The van der Waals surface area contributed by atoms with Crippen LogP contribution in [0.25, 0.3) is 0 Å². The van der Waals surface area contributed by atoms with Gasteiger partial charge in [-0.25, -0.2) is 4.98 Å². The van der Waals surface area contributed by atoms with Gasteiger partial charge in [0.1, 0.15) is 5.01 Å². The third kappa shape index (κ3) is 3.50. The number of hydrogen-bond donors (Lipinski definition) is 1.